The number of Topliss-reactive ketones (excluding diaryl/α,β-unsaturated/α-hetero) is 1. The second-order valence-electron chi connectivity index (χ2n) is 5.73. The standard InChI is InChI=1S/C15H27NO2/c1-6-8-12-9-10(3)14(13(17)7-2)11(4)16(5)15(12)18/h10-12,14H,6-9H2,1-5H3. The lowest BCUT2D eigenvalue weighted by molar-refractivity contribution is -0.136. The Morgan fingerprint density at radius 1 is 1.33 bits per heavy atom. The van der Waals surface area contributed by atoms with Crippen LogP contribution in [-0.4, -0.2) is 29.7 Å². The highest BCUT2D eigenvalue weighted by atomic mass is 16.2. The van der Waals surface area contributed by atoms with Gasteiger partial charge < -0.3 is 4.90 Å². The quantitative estimate of drug-likeness (QED) is 0.772. The lowest BCUT2D eigenvalue weighted by Gasteiger charge is -2.31. The number of hydrogen-bond donors (Lipinski definition) is 0. The van der Waals surface area contributed by atoms with Crippen molar-refractivity contribution in [3.05, 3.63) is 0 Å². The summed E-state index contributed by atoms with van der Waals surface area (Å²) < 4.78 is 0. The van der Waals surface area contributed by atoms with Gasteiger partial charge in [-0.05, 0) is 25.7 Å². The van der Waals surface area contributed by atoms with Gasteiger partial charge in [-0.2, -0.15) is 0 Å². The molecule has 0 N–H and O–H groups in total. The molecule has 1 aliphatic heterocycles. The summed E-state index contributed by atoms with van der Waals surface area (Å²) in [6.45, 7) is 8.17. The fourth-order valence-corrected chi connectivity index (χ4v) is 3.31. The van der Waals surface area contributed by atoms with Crippen LogP contribution in [0.25, 0.3) is 0 Å². The van der Waals surface area contributed by atoms with Crippen LogP contribution in [0.4, 0.5) is 0 Å². The molecule has 0 aromatic carbocycles. The number of nitrogens with zero attached hydrogens (tertiary/aromatic N) is 1. The molecule has 1 aliphatic rings. The molecule has 4 atom stereocenters. The fourth-order valence-electron chi connectivity index (χ4n) is 3.31. The summed E-state index contributed by atoms with van der Waals surface area (Å²) in [5, 5.41) is 0. The molecule has 3 nitrogen and oxygen atoms in total. The van der Waals surface area contributed by atoms with Crippen LogP contribution in [0.3, 0.4) is 0 Å². The third-order valence-electron chi connectivity index (χ3n) is 4.45. The van der Waals surface area contributed by atoms with Crippen molar-refractivity contribution in [1.82, 2.24) is 4.90 Å². The van der Waals surface area contributed by atoms with Gasteiger partial charge in [-0.3, -0.25) is 9.59 Å². The van der Waals surface area contributed by atoms with E-state index in [0.717, 1.165) is 19.3 Å². The number of ketones is 1. The van der Waals surface area contributed by atoms with E-state index in [1.165, 1.54) is 0 Å². The molecule has 0 bridgehead atoms. The number of rotatable bonds is 4. The lowest BCUT2D eigenvalue weighted by atomic mass is 9.80. The molecule has 4 unspecified atom stereocenters. The Kier molecular flexibility index (Phi) is 5.36. The highest BCUT2D eigenvalue weighted by molar-refractivity contribution is 5.85. The van der Waals surface area contributed by atoms with Crippen molar-refractivity contribution in [2.45, 2.75) is 59.4 Å². The highest BCUT2D eigenvalue weighted by Crippen LogP contribution is 2.34. The Hall–Kier alpha value is -0.860. The van der Waals surface area contributed by atoms with E-state index in [0.29, 0.717) is 18.1 Å². The number of carbonyl (C=O) groups is 2. The Morgan fingerprint density at radius 3 is 2.44 bits per heavy atom. The van der Waals surface area contributed by atoms with Crippen LogP contribution in [0.15, 0.2) is 0 Å². The first-order valence-corrected chi connectivity index (χ1v) is 7.23. The Morgan fingerprint density at radius 2 is 1.94 bits per heavy atom. The summed E-state index contributed by atoms with van der Waals surface area (Å²) in [4.78, 5) is 26.3. The molecule has 0 spiro atoms. The number of carbonyl (C=O) groups excluding carboxylic acids is 2. The van der Waals surface area contributed by atoms with Gasteiger partial charge in [0.15, 0.2) is 0 Å². The Labute approximate surface area is 111 Å². The zero-order valence-corrected chi connectivity index (χ0v) is 12.4. The molecule has 1 saturated heterocycles. The molecular formula is C15H27NO2. The van der Waals surface area contributed by atoms with Gasteiger partial charge in [0.05, 0.1) is 0 Å². The van der Waals surface area contributed by atoms with E-state index in [-0.39, 0.29) is 23.8 Å². The van der Waals surface area contributed by atoms with Gasteiger partial charge in [0.2, 0.25) is 5.91 Å². The minimum Gasteiger partial charge on any atom is -0.342 e. The summed E-state index contributed by atoms with van der Waals surface area (Å²) in [6, 6.07) is 0.0295. The predicted molar refractivity (Wildman–Crippen MR) is 73.2 cm³/mol. The first-order valence-electron chi connectivity index (χ1n) is 7.23. The zero-order chi connectivity index (χ0) is 13.9. The van der Waals surface area contributed by atoms with Gasteiger partial charge in [-0.15, -0.1) is 0 Å². The molecule has 1 rings (SSSR count). The molecular weight excluding hydrogens is 226 g/mol. The molecule has 0 aliphatic carbocycles. The molecule has 0 aromatic rings. The SMILES string of the molecule is CCCC1CC(C)C(C(=O)CC)C(C)N(C)C1=O. The molecule has 1 fully saturated rings. The first-order chi connectivity index (χ1) is 8.43. The summed E-state index contributed by atoms with van der Waals surface area (Å²) in [7, 11) is 1.85. The van der Waals surface area contributed by atoms with E-state index < -0.39 is 0 Å². The van der Waals surface area contributed by atoms with E-state index >= 15 is 0 Å². The number of amides is 1. The average molecular weight is 253 g/mol. The fraction of sp³-hybridized carbons (Fsp3) is 0.867. The third kappa shape index (κ3) is 2.93. The van der Waals surface area contributed by atoms with Crippen LogP contribution >= 0.6 is 0 Å². The monoisotopic (exact) mass is 253 g/mol. The Bertz CT molecular complexity index is 314. The van der Waals surface area contributed by atoms with Gasteiger partial charge in [-0.1, -0.05) is 27.2 Å². The van der Waals surface area contributed by atoms with Crippen molar-refractivity contribution in [3.63, 3.8) is 0 Å². The summed E-state index contributed by atoms with van der Waals surface area (Å²) in [5.41, 5.74) is 0. The van der Waals surface area contributed by atoms with Crippen LogP contribution in [-0.2, 0) is 9.59 Å². The third-order valence-corrected chi connectivity index (χ3v) is 4.45. The van der Waals surface area contributed by atoms with E-state index in [4.69, 9.17) is 0 Å². The molecule has 18 heavy (non-hydrogen) atoms. The largest absolute Gasteiger partial charge is 0.342 e. The first kappa shape index (κ1) is 15.2. The zero-order valence-electron chi connectivity index (χ0n) is 12.4. The molecule has 0 saturated carbocycles. The van der Waals surface area contributed by atoms with Crippen LogP contribution in [0.1, 0.15) is 53.4 Å². The maximum absolute atomic E-state index is 12.4. The van der Waals surface area contributed by atoms with Crippen molar-refractivity contribution in [2.24, 2.45) is 17.8 Å². The van der Waals surface area contributed by atoms with E-state index in [1.54, 1.807) is 0 Å². The highest BCUT2D eigenvalue weighted by Gasteiger charge is 2.40. The van der Waals surface area contributed by atoms with E-state index in [9.17, 15) is 9.59 Å². The average Bonchev–Trinajstić information content (AvgIpc) is 2.42. The molecule has 1 heterocycles. The second-order valence-corrected chi connectivity index (χ2v) is 5.73. The normalized spacial score (nSPS) is 33.4. The van der Waals surface area contributed by atoms with Crippen LogP contribution in [0, 0.1) is 17.8 Å². The van der Waals surface area contributed by atoms with Crippen LogP contribution in [0.2, 0.25) is 0 Å². The molecule has 0 radical (unpaired) electrons. The summed E-state index contributed by atoms with van der Waals surface area (Å²) in [6.07, 6.45) is 3.39. The van der Waals surface area contributed by atoms with Crippen molar-refractivity contribution in [1.29, 1.82) is 0 Å². The van der Waals surface area contributed by atoms with Gasteiger partial charge in [0, 0.05) is 31.3 Å². The van der Waals surface area contributed by atoms with Gasteiger partial charge >= 0.3 is 0 Å². The second kappa shape index (κ2) is 6.35. The van der Waals surface area contributed by atoms with Crippen molar-refractivity contribution in [3.8, 4) is 0 Å². The minimum atomic E-state index is 0.00538. The summed E-state index contributed by atoms with van der Waals surface area (Å²) in [5.74, 6) is 0.935. The van der Waals surface area contributed by atoms with Crippen LogP contribution in [0.5, 0.6) is 0 Å². The smallest absolute Gasteiger partial charge is 0.225 e. The number of likely N-dealkylation sites (tertiary alicyclic amines) is 1. The Balaban J connectivity index is 2.98. The molecule has 104 valence electrons. The number of hydrogen-bond acceptors (Lipinski definition) is 2. The van der Waals surface area contributed by atoms with E-state index in [1.807, 2.05) is 25.8 Å². The summed E-state index contributed by atoms with van der Waals surface area (Å²) >= 11 is 0. The van der Waals surface area contributed by atoms with Crippen molar-refractivity contribution < 1.29 is 9.59 Å². The minimum absolute atomic E-state index is 0.00538. The molecule has 1 amide bonds. The lowest BCUT2D eigenvalue weighted by Crippen LogP contribution is -2.43. The van der Waals surface area contributed by atoms with Crippen molar-refractivity contribution >= 4 is 11.7 Å². The van der Waals surface area contributed by atoms with Gasteiger partial charge in [0.1, 0.15) is 5.78 Å². The molecule has 3 heteroatoms. The van der Waals surface area contributed by atoms with Gasteiger partial charge in [-0.25, -0.2) is 0 Å². The maximum Gasteiger partial charge on any atom is 0.225 e. The molecule has 0 aromatic heterocycles. The van der Waals surface area contributed by atoms with Crippen LogP contribution < -0.4 is 0 Å². The topological polar surface area (TPSA) is 37.4 Å². The van der Waals surface area contributed by atoms with E-state index in [2.05, 4.69) is 13.8 Å². The van der Waals surface area contributed by atoms with Gasteiger partial charge in [0.25, 0.3) is 0 Å². The predicted octanol–water partition coefficient (Wildman–Crippen LogP) is 2.88. The van der Waals surface area contributed by atoms with Crippen molar-refractivity contribution in [2.75, 3.05) is 7.05 Å². The maximum atomic E-state index is 12.4.